The largest absolute Gasteiger partial charge is 0.330 e. The molecule has 0 amide bonds. The Morgan fingerprint density at radius 3 is 2.85 bits per heavy atom. The maximum absolute atomic E-state index is 12.4. The van der Waals surface area contributed by atoms with Crippen molar-refractivity contribution in [1.29, 1.82) is 0 Å². The summed E-state index contributed by atoms with van der Waals surface area (Å²) in [5.41, 5.74) is 7.78. The Morgan fingerprint density at radius 1 is 1.20 bits per heavy atom. The van der Waals surface area contributed by atoms with E-state index in [1.807, 2.05) is 28.8 Å². The molecule has 2 unspecified atom stereocenters. The van der Waals surface area contributed by atoms with Gasteiger partial charge >= 0.3 is 0 Å². The lowest BCUT2D eigenvalue weighted by molar-refractivity contribution is 0.317. The quantitative estimate of drug-likeness (QED) is 0.854. The van der Waals surface area contributed by atoms with Crippen LogP contribution < -0.4 is 11.3 Å². The molecule has 1 heterocycles. The van der Waals surface area contributed by atoms with Gasteiger partial charge in [0.2, 0.25) is 0 Å². The van der Waals surface area contributed by atoms with E-state index in [4.69, 9.17) is 5.73 Å². The van der Waals surface area contributed by atoms with Crippen LogP contribution in [0.4, 0.5) is 0 Å². The van der Waals surface area contributed by atoms with Gasteiger partial charge in [0.15, 0.2) is 0 Å². The molecule has 1 aliphatic carbocycles. The third-order valence-electron chi connectivity index (χ3n) is 4.45. The summed E-state index contributed by atoms with van der Waals surface area (Å²) in [4.78, 5) is 16.6. The fourth-order valence-corrected chi connectivity index (χ4v) is 3.40. The molecular formula is C16H21N3O. The zero-order chi connectivity index (χ0) is 13.9. The number of rotatable bonds is 2. The Balaban J connectivity index is 2.16. The van der Waals surface area contributed by atoms with E-state index >= 15 is 0 Å². The SMILES string of the molecule is NCC1CCCCCC1n1c(=O)cnc2ccccc21. The highest BCUT2D eigenvalue weighted by atomic mass is 16.1. The summed E-state index contributed by atoms with van der Waals surface area (Å²) in [6.07, 6.45) is 7.23. The molecule has 0 bridgehead atoms. The average Bonchev–Trinajstić information content (AvgIpc) is 2.72. The summed E-state index contributed by atoms with van der Waals surface area (Å²) in [6.45, 7) is 0.647. The molecule has 2 atom stereocenters. The summed E-state index contributed by atoms with van der Waals surface area (Å²) < 4.78 is 1.94. The molecule has 0 aliphatic heterocycles. The molecule has 0 spiro atoms. The van der Waals surface area contributed by atoms with Crippen molar-refractivity contribution in [3.05, 3.63) is 40.8 Å². The van der Waals surface area contributed by atoms with Crippen molar-refractivity contribution in [1.82, 2.24) is 9.55 Å². The molecule has 1 aromatic heterocycles. The van der Waals surface area contributed by atoms with E-state index < -0.39 is 0 Å². The summed E-state index contributed by atoms with van der Waals surface area (Å²) in [5.74, 6) is 0.390. The first-order valence-corrected chi connectivity index (χ1v) is 7.47. The van der Waals surface area contributed by atoms with Gasteiger partial charge in [-0.15, -0.1) is 0 Å². The van der Waals surface area contributed by atoms with E-state index in [1.54, 1.807) is 0 Å². The molecule has 1 aliphatic rings. The Morgan fingerprint density at radius 2 is 2.00 bits per heavy atom. The summed E-state index contributed by atoms with van der Waals surface area (Å²) >= 11 is 0. The van der Waals surface area contributed by atoms with Crippen molar-refractivity contribution in [2.24, 2.45) is 11.7 Å². The summed E-state index contributed by atoms with van der Waals surface area (Å²) in [6, 6.07) is 8.08. The minimum absolute atomic E-state index is 0.00551. The molecule has 3 rings (SSSR count). The van der Waals surface area contributed by atoms with E-state index in [1.165, 1.54) is 25.5 Å². The minimum Gasteiger partial charge on any atom is -0.330 e. The standard InChI is InChI=1S/C16H21N3O/c17-10-12-6-2-1-3-8-14(12)19-15-9-5-4-7-13(15)18-11-16(19)20/h4-5,7,9,11-12,14H,1-3,6,8,10,17H2. The van der Waals surface area contributed by atoms with Crippen LogP contribution >= 0.6 is 0 Å². The second kappa shape index (κ2) is 5.75. The van der Waals surface area contributed by atoms with Crippen LogP contribution in [0, 0.1) is 5.92 Å². The lowest BCUT2D eigenvalue weighted by Crippen LogP contribution is -2.32. The number of nitrogens with zero attached hydrogens (tertiary/aromatic N) is 2. The number of aromatic nitrogens is 2. The van der Waals surface area contributed by atoms with Crippen LogP contribution in [0.2, 0.25) is 0 Å². The van der Waals surface area contributed by atoms with Gasteiger partial charge in [0.25, 0.3) is 5.56 Å². The Labute approximate surface area is 118 Å². The molecule has 2 N–H and O–H groups in total. The van der Waals surface area contributed by atoms with Crippen molar-refractivity contribution in [2.75, 3.05) is 6.54 Å². The van der Waals surface area contributed by atoms with E-state index in [0.717, 1.165) is 23.9 Å². The van der Waals surface area contributed by atoms with Crippen molar-refractivity contribution in [3.63, 3.8) is 0 Å². The Bertz CT molecular complexity index is 649. The van der Waals surface area contributed by atoms with Gasteiger partial charge in [-0.05, 0) is 37.4 Å². The molecule has 0 radical (unpaired) electrons. The van der Waals surface area contributed by atoms with Gasteiger partial charge in [-0.2, -0.15) is 0 Å². The number of fused-ring (bicyclic) bond motifs is 1. The second-order valence-corrected chi connectivity index (χ2v) is 5.66. The number of para-hydroxylation sites is 2. The fraction of sp³-hybridized carbons (Fsp3) is 0.500. The van der Waals surface area contributed by atoms with Crippen LogP contribution in [0.15, 0.2) is 35.3 Å². The van der Waals surface area contributed by atoms with Crippen LogP contribution in [-0.2, 0) is 0 Å². The highest BCUT2D eigenvalue weighted by Gasteiger charge is 2.26. The highest BCUT2D eigenvalue weighted by Crippen LogP contribution is 2.32. The highest BCUT2D eigenvalue weighted by molar-refractivity contribution is 5.74. The van der Waals surface area contributed by atoms with Crippen LogP contribution in [-0.4, -0.2) is 16.1 Å². The topological polar surface area (TPSA) is 60.9 Å². The molecular weight excluding hydrogens is 250 g/mol. The lowest BCUT2D eigenvalue weighted by Gasteiger charge is -2.27. The predicted molar refractivity (Wildman–Crippen MR) is 80.7 cm³/mol. The first-order valence-electron chi connectivity index (χ1n) is 7.47. The maximum atomic E-state index is 12.4. The molecule has 1 fully saturated rings. The van der Waals surface area contributed by atoms with E-state index in [9.17, 15) is 4.79 Å². The molecule has 0 saturated heterocycles. The third-order valence-corrected chi connectivity index (χ3v) is 4.45. The molecule has 4 nitrogen and oxygen atoms in total. The normalized spacial score (nSPS) is 23.6. The smallest absolute Gasteiger partial charge is 0.269 e. The first-order chi connectivity index (χ1) is 9.81. The van der Waals surface area contributed by atoms with E-state index in [0.29, 0.717) is 12.5 Å². The Hall–Kier alpha value is -1.68. The molecule has 1 saturated carbocycles. The molecule has 2 aromatic rings. The van der Waals surface area contributed by atoms with Crippen LogP contribution in [0.25, 0.3) is 11.0 Å². The van der Waals surface area contributed by atoms with Crippen molar-refractivity contribution in [2.45, 2.75) is 38.1 Å². The van der Waals surface area contributed by atoms with Crippen LogP contribution in [0.3, 0.4) is 0 Å². The van der Waals surface area contributed by atoms with Crippen molar-refractivity contribution >= 4 is 11.0 Å². The first kappa shape index (κ1) is 13.3. The number of hydrogen-bond donors (Lipinski definition) is 1. The molecule has 1 aromatic carbocycles. The van der Waals surface area contributed by atoms with Gasteiger partial charge in [-0.1, -0.05) is 31.4 Å². The van der Waals surface area contributed by atoms with Gasteiger partial charge in [-0.25, -0.2) is 4.98 Å². The molecule has 4 heteroatoms. The predicted octanol–water partition coefficient (Wildman–Crippen LogP) is 2.48. The van der Waals surface area contributed by atoms with E-state index in [2.05, 4.69) is 4.98 Å². The van der Waals surface area contributed by atoms with E-state index in [-0.39, 0.29) is 11.6 Å². The third kappa shape index (κ3) is 2.36. The van der Waals surface area contributed by atoms with Crippen LogP contribution in [0.5, 0.6) is 0 Å². The monoisotopic (exact) mass is 271 g/mol. The van der Waals surface area contributed by atoms with Gasteiger partial charge in [0.1, 0.15) is 0 Å². The van der Waals surface area contributed by atoms with Crippen LogP contribution in [0.1, 0.15) is 38.1 Å². The van der Waals surface area contributed by atoms with Crippen molar-refractivity contribution < 1.29 is 0 Å². The number of hydrogen-bond acceptors (Lipinski definition) is 3. The van der Waals surface area contributed by atoms with Gasteiger partial charge in [-0.3, -0.25) is 4.79 Å². The number of nitrogens with two attached hydrogens (primary N) is 1. The fourth-order valence-electron chi connectivity index (χ4n) is 3.40. The zero-order valence-electron chi connectivity index (χ0n) is 11.7. The zero-order valence-corrected chi connectivity index (χ0v) is 11.7. The Kier molecular flexibility index (Phi) is 3.83. The van der Waals surface area contributed by atoms with Crippen molar-refractivity contribution in [3.8, 4) is 0 Å². The average molecular weight is 271 g/mol. The second-order valence-electron chi connectivity index (χ2n) is 5.66. The van der Waals surface area contributed by atoms with Gasteiger partial charge < -0.3 is 10.3 Å². The minimum atomic E-state index is -0.00551. The maximum Gasteiger partial charge on any atom is 0.269 e. The molecule has 20 heavy (non-hydrogen) atoms. The summed E-state index contributed by atoms with van der Waals surface area (Å²) in [7, 11) is 0. The van der Waals surface area contributed by atoms with Gasteiger partial charge in [0.05, 0.1) is 17.2 Å². The summed E-state index contributed by atoms with van der Waals surface area (Å²) in [5, 5.41) is 0. The number of benzene rings is 1. The van der Waals surface area contributed by atoms with Gasteiger partial charge in [0, 0.05) is 6.04 Å². The molecule has 106 valence electrons. The lowest BCUT2D eigenvalue weighted by atomic mass is 9.94.